The summed E-state index contributed by atoms with van der Waals surface area (Å²) in [7, 11) is -2.11. The van der Waals surface area contributed by atoms with E-state index in [1.807, 2.05) is 30.3 Å². The van der Waals surface area contributed by atoms with Gasteiger partial charge in [0, 0.05) is 18.7 Å². The van der Waals surface area contributed by atoms with Crippen LogP contribution in [0.1, 0.15) is 12.8 Å². The van der Waals surface area contributed by atoms with Crippen LogP contribution < -0.4 is 10.0 Å². The quantitative estimate of drug-likeness (QED) is 0.385. The molecule has 0 radical (unpaired) electrons. The molecular weight excluding hydrogens is 438 g/mol. The van der Waals surface area contributed by atoms with Crippen LogP contribution in [0.2, 0.25) is 0 Å². The van der Waals surface area contributed by atoms with E-state index in [0.29, 0.717) is 12.2 Å². The van der Waals surface area contributed by atoms with Crippen molar-refractivity contribution >= 4 is 26.9 Å². The normalized spacial score (nSPS) is 16.3. The number of H-pyrrole nitrogens is 1. The molecular formula is C24H25N5O3S. The number of benzene rings is 2. The first-order valence-corrected chi connectivity index (χ1v) is 12.4. The molecule has 3 N–H and O–H groups in total. The maximum Gasteiger partial charge on any atom is 0.240 e. The van der Waals surface area contributed by atoms with E-state index in [-0.39, 0.29) is 11.0 Å². The summed E-state index contributed by atoms with van der Waals surface area (Å²) in [6.45, 7) is 1.48. The monoisotopic (exact) mass is 463 g/mol. The minimum Gasteiger partial charge on any atom is -0.376 e. The van der Waals surface area contributed by atoms with E-state index in [4.69, 9.17) is 4.74 Å². The van der Waals surface area contributed by atoms with Gasteiger partial charge < -0.3 is 15.0 Å². The molecule has 170 valence electrons. The standard InChI is InChI=1S/C24H25N5O3S/c1-25-33(30,31)19-11-9-17(10-12-19)22-20(16-6-3-2-4-7-16)21-23(27-15-28-24(21)29-22)26-14-18-8-5-13-32-18/h2-4,6-7,9-12,15,18,25H,5,8,13-14H2,1H3,(H2,26,27,28,29)/t18-/m0/s1. The number of aromatic nitrogens is 3. The second kappa shape index (κ2) is 8.93. The molecule has 1 saturated heterocycles. The molecule has 0 spiro atoms. The summed E-state index contributed by atoms with van der Waals surface area (Å²) >= 11 is 0. The molecule has 9 heteroatoms. The largest absolute Gasteiger partial charge is 0.376 e. The van der Waals surface area contributed by atoms with Crippen LogP contribution in [0, 0.1) is 0 Å². The summed E-state index contributed by atoms with van der Waals surface area (Å²) in [6, 6.07) is 16.8. The van der Waals surface area contributed by atoms with E-state index in [0.717, 1.165) is 53.0 Å². The lowest BCUT2D eigenvalue weighted by Gasteiger charge is -2.13. The zero-order valence-corrected chi connectivity index (χ0v) is 19.0. The van der Waals surface area contributed by atoms with Gasteiger partial charge in [-0.1, -0.05) is 42.5 Å². The van der Waals surface area contributed by atoms with Crippen molar-refractivity contribution in [3.05, 3.63) is 60.9 Å². The van der Waals surface area contributed by atoms with Gasteiger partial charge in [0.25, 0.3) is 0 Å². The number of ether oxygens (including phenoxy) is 1. The number of nitrogens with zero attached hydrogens (tertiary/aromatic N) is 2. The molecule has 0 unspecified atom stereocenters. The molecule has 0 aliphatic carbocycles. The lowest BCUT2D eigenvalue weighted by atomic mass is 9.99. The third kappa shape index (κ3) is 4.22. The third-order valence-electron chi connectivity index (χ3n) is 5.90. The van der Waals surface area contributed by atoms with Gasteiger partial charge >= 0.3 is 0 Å². The Morgan fingerprint density at radius 3 is 2.55 bits per heavy atom. The lowest BCUT2D eigenvalue weighted by molar-refractivity contribution is 0.120. The Balaban J connectivity index is 1.63. The number of hydrogen-bond donors (Lipinski definition) is 3. The van der Waals surface area contributed by atoms with Crippen LogP contribution in [0.4, 0.5) is 5.82 Å². The predicted molar refractivity (Wildman–Crippen MR) is 128 cm³/mol. The summed E-state index contributed by atoms with van der Waals surface area (Å²) < 4.78 is 32.4. The highest BCUT2D eigenvalue weighted by molar-refractivity contribution is 7.89. The molecule has 0 amide bonds. The van der Waals surface area contributed by atoms with Crippen molar-refractivity contribution in [1.29, 1.82) is 0 Å². The Labute approximate surface area is 192 Å². The van der Waals surface area contributed by atoms with Crippen LogP contribution in [0.15, 0.2) is 65.8 Å². The van der Waals surface area contributed by atoms with Gasteiger partial charge in [0.05, 0.1) is 22.1 Å². The van der Waals surface area contributed by atoms with Crippen LogP contribution in [0.5, 0.6) is 0 Å². The van der Waals surface area contributed by atoms with Gasteiger partial charge in [0.1, 0.15) is 17.8 Å². The molecule has 0 bridgehead atoms. The molecule has 3 heterocycles. The molecule has 1 fully saturated rings. The van der Waals surface area contributed by atoms with Crippen molar-refractivity contribution in [1.82, 2.24) is 19.7 Å². The number of rotatable bonds is 7. The Hall–Kier alpha value is -3.27. The fraction of sp³-hybridized carbons (Fsp3) is 0.250. The highest BCUT2D eigenvalue weighted by Gasteiger charge is 2.22. The molecule has 1 aliphatic heterocycles. The van der Waals surface area contributed by atoms with Crippen LogP contribution in [-0.2, 0) is 14.8 Å². The average Bonchev–Trinajstić information content (AvgIpc) is 3.51. The predicted octanol–water partition coefficient (Wildman–Crippen LogP) is 3.79. The topological polar surface area (TPSA) is 109 Å². The lowest BCUT2D eigenvalue weighted by Crippen LogP contribution is -2.19. The van der Waals surface area contributed by atoms with Gasteiger partial charge in [0.15, 0.2) is 0 Å². The molecule has 4 aromatic rings. The molecule has 2 aromatic heterocycles. The van der Waals surface area contributed by atoms with Gasteiger partial charge in [-0.25, -0.2) is 23.1 Å². The second-order valence-corrected chi connectivity index (χ2v) is 9.82. The van der Waals surface area contributed by atoms with E-state index in [1.54, 1.807) is 24.3 Å². The summed E-state index contributed by atoms with van der Waals surface area (Å²) in [5.41, 5.74) is 4.39. The maximum atomic E-state index is 12.1. The number of nitrogens with one attached hydrogen (secondary N) is 3. The Bertz CT molecular complexity index is 1360. The SMILES string of the molecule is CNS(=O)(=O)c1ccc(-c2[nH]c3ncnc(NC[C@@H]4CCCO4)c3c2-c2ccccc2)cc1. The summed E-state index contributed by atoms with van der Waals surface area (Å²) in [6.07, 6.45) is 3.83. The van der Waals surface area contributed by atoms with Crippen molar-refractivity contribution in [2.75, 3.05) is 25.5 Å². The van der Waals surface area contributed by atoms with Gasteiger partial charge in [-0.3, -0.25) is 0 Å². The minimum atomic E-state index is -3.51. The molecule has 2 aromatic carbocycles. The van der Waals surface area contributed by atoms with Crippen LogP contribution >= 0.6 is 0 Å². The fourth-order valence-electron chi connectivity index (χ4n) is 4.20. The van der Waals surface area contributed by atoms with E-state index in [1.165, 1.54) is 13.4 Å². The number of anilines is 1. The highest BCUT2D eigenvalue weighted by atomic mass is 32.2. The zero-order valence-electron chi connectivity index (χ0n) is 18.2. The smallest absolute Gasteiger partial charge is 0.240 e. The Morgan fingerprint density at radius 2 is 1.85 bits per heavy atom. The Kier molecular flexibility index (Phi) is 5.84. The number of hydrogen-bond acceptors (Lipinski definition) is 6. The molecule has 1 aliphatic rings. The average molecular weight is 464 g/mol. The van der Waals surface area contributed by atoms with Crippen molar-refractivity contribution < 1.29 is 13.2 Å². The van der Waals surface area contributed by atoms with E-state index in [2.05, 4.69) is 25.0 Å². The highest BCUT2D eigenvalue weighted by Crippen LogP contribution is 2.40. The second-order valence-electron chi connectivity index (χ2n) is 7.93. The van der Waals surface area contributed by atoms with Crippen molar-refractivity contribution in [3.8, 4) is 22.4 Å². The van der Waals surface area contributed by atoms with Gasteiger partial charge in [-0.2, -0.15) is 0 Å². The molecule has 5 rings (SSSR count). The van der Waals surface area contributed by atoms with Crippen LogP contribution in [0.3, 0.4) is 0 Å². The molecule has 1 atom stereocenters. The molecule has 33 heavy (non-hydrogen) atoms. The van der Waals surface area contributed by atoms with Crippen molar-refractivity contribution in [2.45, 2.75) is 23.8 Å². The first-order valence-electron chi connectivity index (χ1n) is 10.9. The first kappa shape index (κ1) is 21.6. The molecule has 0 saturated carbocycles. The van der Waals surface area contributed by atoms with Gasteiger partial charge in [0.2, 0.25) is 10.0 Å². The van der Waals surface area contributed by atoms with E-state index >= 15 is 0 Å². The third-order valence-corrected chi connectivity index (χ3v) is 7.33. The van der Waals surface area contributed by atoms with Crippen molar-refractivity contribution in [3.63, 3.8) is 0 Å². The summed E-state index contributed by atoms with van der Waals surface area (Å²) in [5.74, 6) is 0.742. The summed E-state index contributed by atoms with van der Waals surface area (Å²) in [4.78, 5) is 12.7. The van der Waals surface area contributed by atoms with Crippen LogP contribution in [0.25, 0.3) is 33.4 Å². The zero-order chi connectivity index (χ0) is 22.8. The minimum absolute atomic E-state index is 0.176. The van der Waals surface area contributed by atoms with Crippen LogP contribution in [-0.4, -0.2) is 49.7 Å². The Morgan fingerprint density at radius 1 is 1.06 bits per heavy atom. The van der Waals surface area contributed by atoms with E-state index in [9.17, 15) is 8.42 Å². The van der Waals surface area contributed by atoms with Gasteiger partial charge in [-0.15, -0.1) is 0 Å². The molecule has 8 nitrogen and oxygen atoms in total. The van der Waals surface area contributed by atoms with Crippen molar-refractivity contribution in [2.24, 2.45) is 0 Å². The van der Waals surface area contributed by atoms with E-state index < -0.39 is 10.0 Å². The maximum absolute atomic E-state index is 12.1. The number of fused-ring (bicyclic) bond motifs is 1. The first-order chi connectivity index (χ1) is 16.1. The van der Waals surface area contributed by atoms with Gasteiger partial charge in [-0.05, 0) is 43.1 Å². The summed E-state index contributed by atoms with van der Waals surface area (Å²) in [5, 5.41) is 4.35. The number of sulfonamides is 1. The fourth-order valence-corrected chi connectivity index (χ4v) is 4.93. The number of aromatic amines is 1.